The van der Waals surface area contributed by atoms with Gasteiger partial charge in [-0.05, 0) is 37.9 Å². The highest BCUT2D eigenvalue weighted by molar-refractivity contribution is 5.80. The molecule has 1 heterocycles. The van der Waals surface area contributed by atoms with Gasteiger partial charge < -0.3 is 16.2 Å². The van der Waals surface area contributed by atoms with Crippen molar-refractivity contribution in [1.29, 1.82) is 0 Å². The summed E-state index contributed by atoms with van der Waals surface area (Å²) in [6.45, 7) is 1.88. The molecule has 0 spiro atoms. The number of piperidine rings is 1. The van der Waals surface area contributed by atoms with Crippen LogP contribution in [0, 0.1) is 6.42 Å². The summed E-state index contributed by atoms with van der Waals surface area (Å²) in [5.74, 6) is 0.362. The number of primary amides is 1. The number of likely N-dealkylation sites (tertiary alicyclic amines) is 1. The van der Waals surface area contributed by atoms with Gasteiger partial charge in [0.05, 0.1) is 6.04 Å². The van der Waals surface area contributed by atoms with Gasteiger partial charge in [-0.25, -0.2) is 0 Å². The molecule has 0 aromatic heterocycles. The second kappa shape index (κ2) is 7.26. The molecule has 1 saturated heterocycles. The smallest absolute Gasteiger partial charge is 0.236 e. The Labute approximate surface area is 119 Å². The van der Waals surface area contributed by atoms with Crippen molar-refractivity contribution in [3.8, 4) is 5.75 Å². The van der Waals surface area contributed by atoms with Crippen LogP contribution < -0.4 is 16.2 Å². The second-order valence-electron chi connectivity index (χ2n) is 5.06. The molecule has 2 rings (SSSR count). The fraction of sp³-hybridized carbons (Fsp3) is 0.467. The molecule has 1 aliphatic rings. The van der Waals surface area contributed by atoms with Gasteiger partial charge in [-0.3, -0.25) is 9.69 Å². The van der Waals surface area contributed by atoms with Gasteiger partial charge in [0.15, 0.2) is 0 Å². The number of nitrogens with zero attached hydrogens (tertiary/aromatic N) is 1. The fourth-order valence-electron chi connectivity index (χ4n) is 2.50. The van der Waals surface area contributed by atoms with Crippen LogP contribution in [-0.4, -0.2) is 42.6 Å². The zero-order valence-corrected chi connectivity index (χ0v) is 11.6. The molecule has 5 nitrogen and oxygen atoms in total. The van der Waals surface area contributed by atoms with E-state index in [-0.39, 0.29) is 12.5 Å². The second-order valence-corrected chi connectivity index (χ2v) is 5.06. The Morgan fingerprint density at radius 3 is 2.70 bits per heavy atom. The topological polar surface area (TPSA) is 81.6 Å². The van der Waals surface area contributed by atoms with E-state index in [9.17, 15) is 4.79 Å². The third-order valence-corrected chi connectivity index (χ3v) is 3.49. The van der Waals surface area contributed by atoms with Crippen molar-refractivity contribution >= 4 is 5.91 Å². The molecule has 1 aromatic carbocycles. The molecule has 1 amide bonds. The van der Waals surface area contributed by atoms with Gasteiger partial charge in [0, 0.05) is 6.54 Å². The van der Waals surface area contributed by atoms with E-state index in [1.54, 1.807) is 0 Å². The zero-order valence-electron chi connectivity index (χ0n) is 11.6. The van der Waals surface area contributed by atoms with E-state index in [1.165, 1.54) is 0 Å². The number of nitrogens with two attached hydrogens (primary N) is 2. The lowest BCUT2D eigenvalue weighted by Crippen LogP contribution is -2.58. The van der Waals surface area contributed by atoms with Gasteiger partial charge in [-0.1, -0.05) is 18.2 Å². The summed E-state index contributed by atoms with van der Waals surface area (Å²) in [6.07, 6.45) is 4.28. The van der Waals surface area contributed by atoms with E-state index >= 15 is 0 Å². The van der Waals surface area contributed by atoms with Crippen LogP contribution in [0.25, 0.3) is 0 Å². The molecule has 20 heavy (non-hydrogen) atoms. The van der Waals surface area contributed by atoms with Crippen LogP contribution in [-0.2, 0) is 4.79 Å². The third kappa shape index (κ3) is 3.95. The van der Waals surface area contributed by atoms with Gasteiger partial charge in [-0.2, -0.15) is 0 Å². The van der Waals surface area contributed by atoms with Crippen LogP contribution in [0.3, 0.4) is 0 Å². The quantitative estimate of drug-likeness (QED) is 0.795. The number of rotatable bonds is 6. The Morgan fingerprint density at radius 2 is 2.10 bits per heavy atom. The molecule has 0 aliphatic carbocycles. The van der Waals surface area contributed by atoms with Gasteiger partial charge in [-0.15, -0.1) is 0 Å². The molecule has 2 atom stereocenters. The maximum absolute atomic E-state index is 11.7. The van der Waals surface area contributed by atoms with E-state index < -0.39 is 12.1 Å². The van der Waals surface area contributed by atoms with Crippen LogP contribution in [0.15, 0.2) is 30.3 Å². The molecular formula is C15H22N3O2. The van der Waals surface area contributed by atoms with E-state index in [4.69, 9.17) is 16.2 Å². The lowest BCUT2D eigenvalue weighted by molar-refractivity contribution is -0.124. The maximum Gasteiger partial charge on any atom is 0.236 e. The Bertz CT molecular complexity index is 418. The first-order chi connectivity index (χ1) is 9.68. The molecule has 1 aromatic rings. The normalized spacial score (nSPS) is 19.2. The van der Waals surface area contributed by atoms with E-state index in [2.05, 4.69) is 6.42 Å². The number of ether oxygens (including phenoxy) is 1. The number of amides is 1. The molecule has 4 N–H and O–H groups in total. The first-order valence-electron chi connectivity index (χ1n) is 6.97. The molecule has 0 bridgehead atoms. The minimum atomic E-state index is -0.477. The Balaban J connectivity index is 1.92. The van der Waals surface area contributed by atoms with Gasteiger partial charge in [0.2, 0.25) is 5.91 Å². The first-order valence-corrected chi connectivity index (χ1v) is 6.97. The fourth-order valence-corrected chi connectivity index (χ4v) is 2.50. The molecule has 109 valence electrons. The SMILES string of the molecule is NC(=O)[C@@H](C(N)COc1ccccc1)N1C[CH]CCC1. The highest BCUT2D eigenvalue weighted by Gasteiger charge is 2.31. The number of carbonyl (C=O) groups excluding carboxylic acids is 1. The zero-order chi connectivity index (χ0) is 14.4. The molecule has 5 heteroatoms. The summed E-state index contributed by atoms with van der Waals surface area (Å²) < 4.78 is 5.62. The van der Waals surface area contributed by atoms with Gasteiger partial charge in [0.1, 0.15) is 18.4 Å². The van der Waals surface area contributed by atoms with Crippen molar-refractivity contribution < 1.29 is 9.53 Å². The van der Waals surface area contributed by atoms with Crippen molar-refractivity contribution in [2.24, 2.45) is 11.5 Å². The molecule has 1 unspecified atom stereocenters. The summed E-state index contributed by atoms with van der Waals surface area (Å²) in [7, 11) is 0. The first kappa shape index (κ1) is 14.8. The number of benzene rings is 1. The molecular weight excluding hydrogens is 254 g/mol. The lowest BCUT2D eigenvalue weighted by atomic mass is 10.0. The Kier molecular flexibility index (Phi) is 5.38. The maximum atomic E-state index is 11.7. The summed E-state index contributed by atoms with van der Waals surface area (Å²) >= 11 is 0. The average molecular weight is 276 g/mol. The molecule has 1 radical (unpaired) electrons. The summed E-state index contributed by atoms with van der Waals surface area (Å²) in [4.78, 5) is 13.7. The minimum absolute atomic E-state index is 0.272. The van der Waals surface area contributed by atoms with Crippen molar-refractivity contribution in [2.45, 2.75) is 24.9 Å². The van der Waals surface area contributed by atoms with Crippen LogP contribution in [0.2, 0.25) is 0 Å². The summed E-state index contributed by atoms with van der Waals surface area (Å²) in [6, 6.07) is 8.52. The standard InChI is InChI=1S/C15H22N3O2/c16-13(11-20-12-7-3-1-4-8-12)14(15(17)19)18-9-5-2-6-10-18/h1,3-5,7-8,13-14H,2,6,9-11,16H2,(H2,17,19)/t13?,14-/m1/s1. The van der Waals surface area contributed by atoms with E-state index in [1.807, 2.05) is 35.2 Å². The van der Waals surface area contributed by atoms with Crippen LogP contribution in [0.1, 0.15) is 12.8 Å². The summed E-state index contributed by atoms with van der Waals surface area (Å²) in [5, 5.41) is 0. The van der Waals surface area contributed by atoms with Crippen LogP contribution >= 0.6 is 0 Å². The minimum Gasteiger partial charge on any atom is -0.492 e. The van der Waals surface area contributed by atoms with E-state index in [0.29, 0.717) is 0 Å². The Hall–Kier alpha value is -1.59. The highest BCUT2D eigenvalue weighted by Crippen LogP contribution is 2.14. The molecule has 1 fully saturated rings. The third-order valence-electron chi connectivity index (χ3n) is 3.49. The number of para-hydroxylation sites is 1. The highest BCUT2D eigenvalue weighted by atomic mass is 16.5. The molecule has 1 aliphatic heterocycles. The monoisotopic (exact) mass is 276 g/mol. The van der Waals surface area contributed by atoms with Crippen molar-refractivity contribution in [3.63, 3.8) is 0 Å². The number of hydrogen-bond donors (Lipinski definition) is 2. The van der Waals surface area contributed by atoms with Crippen LogP contribution in [0.5, 0.6) is 5.75 Å². The van der Waals surface area contributed by atoms with Crippen molar-refractivity contribution in [2.75, 3.05) is 19.7 Å². The molecule has 0 saturated carbocycles. The van der Waals surface area contributed by atoms with Crippen LogP contribution in [0.4, 0.5) is 0 Å². The number of hydrogen-bond acceptors (Lipinski definition) is 4. The van der Waals surface area contributed by atoms with Crippen molar-refractivity contribution in [3.05, 3.63) is 36.8 Å². The number of carbonyl (C=O) groups is 1. The lowest BCUT2D eigenvalue weighted by Gasteiger charge is -2.35. The average Bonchev–Trinajstić information content (AvgIpc) is 2.47. The van der Waals surface area contributed by atoms with Gasteiger partial charge >= 0.3 is 0 Å². The Morgan fingerprint density at radius 1 is 1.35 bits per heavy atom. The largest absolute Gasteiger partial charge is 0.492 e. The van der Waals surface area contributed by atoms with Crippen molar-refractivity contribution in [1.82, 2.24) is 4.90 Å². The van der Waals surface area contributed by atoms with E-state index in [0.717, 1.165) is 31.7 Å². The predicted octanol–water partition coefficient (Wildman–Crippen LogP) is 0.547. The summed E-state index contributed by atoms with van der Waals surface area (Å²) in [5.41, 5.74) is 11.6. The predicted molar refractivity (Wildman–Crippen MR) is 78.0 cm³/mol. The van der Waals surface area contributed by atoms with Gasteiger partial charge in [0.25, 0.3) is 0 Å².